The molecule has 0 saturated carbocycles. The minimum Gasteiger partial charge on any atom is -0.383 e. The molecular weight excluding hydrogens is 294 g/mol. The maximum absolute atomic E-state index is 12.0. The topological polar surface area (TPSA) is 29.5 Å². The lowest BCUT2D eigenvalue weighted by molar-refractivity contribution is 0.0952. The van der Waals surface area contributed by atoms with E-state index >= 15 is 0 Å². The van der Waals surface area contributed by atoms with E-state index in [0.29, 0.717) is 13.0 Å². The minimum atomic E-state index is 0.193. The number of ether oxygens (including phenoxy) is 1. The van der Waals surface area contributed by atoms with Gasteiger partial charge in [-0.3, -0.25) is 4.79 Å². The van der Waals surface area contributed by atoms with Gasteiger partial charge in [-0.1, -0.05) is 35.0 Å². The van der Waals surface area contributed by atoms with E-state index in [9.17, 15) is 4.79 Å². The fourth-order valence-corrected chi connectivity index (χ4v) is 1.95. The Morgan fingerprint density at radius 3 is 2.50 bits per heavy atom. The minimum absolute atomic E-state index is 0.193. The van der Waals surface area contributed by atoms with Gasteiger partial charge in [-0.25, -0.2) is 0 Å². The molecule has 4 heteroatoms. The summed E-state index contributed by atoms with van der Waals surface area (Å²) in [7, 11) is 1.70. The molecule has 0 saturated heterocycles. The van der Waals surface area contributed by atoms with E-state index in [0.717, 1.165) is 29.7 Å². The summed E-state index contributed by atoms with van der Waals surface area (Å²) in [5.41, 5.74) is 0.779. The number of hydrogen-bond acceptors (Lipinski definition) is 3. The second-order valence-electron chi connectivity index (χ2n) is 4.11. The van der Waals surface area contributed by atoms with E-state index in [1.54, 1.807) is 7.11 Å². The van der Waals surface area contributed by atoms with Crippen molar-refractivity contribution in [2.24, 2.45) is 0 Å². The number of Topliss-reactive ketones (excluding diaryl/α,β-unsaturated/α-hetero) is 1. The van der Waals surface area contributed by atoms with Gasteiger partial charge < -0.3 is 9.64 Å². The van der Waals surface area contributed by atoms with Crippen LogP contribution in [0.15, 0.2) is 28.7 Å². The molecule has 0 heterocycles. The lowest BCUT2D eigenvalue weighted by atomic mass is 10.1. The SMILES string of the molecule is CCN(CCOC)CCC(=O)c1ccc(Br)cc1. The van der Waals surface area contributed by atoms with Crippen molar-refractivity contribution < 1.29 is 9.53 Å². The molecule has 0 atom stereocenters. The molecule has 0 bridgehead atoms. The summed E-state index contributed by atoms with van der Waals surface area (Å²) in [6.07, 6.45) is 0.555. The molecule has 3 nitrogen and oxygen atoms in total. The Bertz CT molecular complexity index is 365. The first-order valence-electron chi connectivity index (χ1n) is 6.17. The van der Waals surface area contributed by atoms with Crippen LogP contribution in [0.1, 0.15) is 23.7 Å². The smallest absolute Gasteiger partial charge is 0.164 e. The average Bonchev–Trinajstić information content (AvgIpc) is 2.39. The fraction of sp³-hybridized carbons (Fsp3) is 0.500. The zero-order valence-electron chi connectivity index (χ0n) is 11.0. The number of carbonyl (C=O) groups excluding carboxylic acids is 1. The van der Waals surface area contributed by atoms with Gasteiger partial charge in [0.1, 0.15) is 0 Å². The third kappa shape index (κ3) is 5.29. The maximum atomic E-state index is 12.0. The molecule has 0 unspecified atom stereocenters. The number of benzene rings is 1. The third-order valence-electron chi connectivity index (χ3n) is 2.88. The zero-order valence-corrected chi connectivity index (χ0v) is 12.6. The predicted molar refractivity (Wildman–Crippen MR) is 77.1 cm³/mol. The molecule has 100 valence electrons. The van der Waals surface area contributed by atoms with E-state index < -0.39 is 0 Å². The van der Waals surface area contributed by atoms with E-state index in [2.05, 4.69) is 27.8 Å². The lowest BCUT2D eigenvalue weighted by Gasteiger charge is -2.19. The highest BCUT2D eigenvalue weighted by Gasteiger charge is 2.08. The van der Waals surface area contributed by atoms with Crippen molar-refractivity contribution in [3.05, 3.63) is 34.3 Å². The first-order chi connectivity index (χ1) is 8.67. The van der Waals surface area contributed by atoms with Gasteiger partial charge in [-0.2, -0.15) is 0 Å². The van der Waals surface area contributed by atoms with Gasteiger partial charge in [0.25, 0.3) is 0 Å². The molecule has 0 amide bonds. The Hall–Kier alpha value is -0.710. The van der Waals surface area contributed by atoms with Crippen molar-refractivity contribution in [1.82, 2.24) is 4.90 Å². The number of halogens is 1. The van der Waals surface area contributed by atoms with Crippen LogP contribution in [0.25, 0.3) is 0 Å². The largest absolute Gasteiger partial charge is 0.383 e. The van der Waals surface area contributed by atoms with E-state index in [-0.39, 0.29) is 5.78 Å². The highest BCUT2D eigenvalue weighted by atomic mass is 79.9. The summed E-state index contributed by atoms with van der Waals surface area (Å²) < 4.78 is 6.04. The Balaban J connectivity index is 2.42. The standard InChI is InChI=1S/C14H20BrNO2/c1-3-16(10-11-18-2)9-8-14(17)12-4-6-13(15)7-5-12/h4-7H,3,8-11H2,1-2H3. The number of methoxy groups -OCH3 is 1. The van der Waals surface area contributed by atoms with Crippen molar-refractivity contribution in [3.8, 4) is 0 Å². The van der Waals surface area contributed by atoms with Crippen LogP contribution in [0.4, 0.5) is 0 Å². The van der Waals surface area contributed by atoms with Crippen molar-refractivity contribution in [1.29, 1.82) is 0 Å². The molecule has 1 aromatic carbocycles. The molecule has 18 heavy (non-hydrogen) atoms. The van der Waals surface area contributed by atoms with E-state index in [4.69, 9.17) is 4.74 Å². The van der Waals surface area contributed by atoms with Gasteiger partial charge in [0.2, 0.25) is 0 Å². The van der Waals surface area contributed by atoms with Gasteiger partial charge >= 0.3 is 0 Å². The van der Waals surface area contributed by atoms with Crippen LogP contribution >= 0.6 is 15.9 Å². The second-order valence-corrected chi connectivity index (χ2v) is 5.02. The molecule has 0 aliphatic heterocycles. The molecular formula is C14H20BrNO2. The summed E-state index contributed by atoms with van der Waals surface area (Å²) in [6, 6.07) is 7.52. The summed E-state index contributed by atoms with van der Waals surface area (Å²) in [5.74, 6) is 0.193. The predicted octanol–water partition coefficient (Wildman–Crippen LogP) is 2.99. The molecule has 0 N–H and O–H groups in total. The molecule has 0 aromatic heterocycles. The summed E-state index contributed by atoms with van der Waals surface area (Å²) >= 11 is 3.36. The normalized spacial score (nSPS) is 10.9. The van der Waals surface area contributed by atoms with Crippen LogP contribution < -0.4 is 0 Å². The van der Waals surface area contributed by atoms with Crippen LogP contribution in [0.2, 0.25) is 0 Å². The Labute approximate surface area is 117 Å². The Morgan fingerprint density at radius 1 is 1.28 bits per heavy atom. The van der Waals surface area contributed by atoms with E-state index in [1.807, 2.05) is 24.3 Å². The first-order valence-corrected chi connectivity index (χ1v) is 6.96. The van der Waals surface area contributed by atoms with Crippen molar-refractivity contribution in [2.45, 2.75) is 13.3 Å². The molecule has 0 aliphatic rings. The number of ketones is 1. The van der Waals surface area contributed by atoms with Gasteiger partial charge in [0.15, 0.2) is 5.78 Å². The van der Waals surface area contributed by atoms with Gasteiger partial charge in [0.05, 0.1) is 6.61 Å². The number of carbonyl (C=O) groups is 1. The molecule has 0 radical (unpaired) electrons. The Morgan fingerprint density at radius 2 is 1.94 bits per heavy atom. The summed E-state index contributed by atoms with van der Waals surface area (Å²) in [6.45, 7) is 5.41. The molecule has 1 aromatic rings. The summed E-state index contributed by atoms with van der Waals surface area (Å²) in [4.78, 5) is 14.2. The van der Waals surface area contributed by atoms with Crippen molar-refractivity contribution in [3.63, 3.8) is 0 Å². The first kappa shape index (κ1) is 15.3. The Kier molecular flexibility index (Phi) is 7.16. The number of nitrogens with zero attached hydrogens (tertiary/aromatic N) is 1. The average molecular weight is 314 g/mol. The van der Waals surface area contributed by atoms with Crippen LogP contribution in [0, 0.1) is 0 Å². The summed E-state index contributed by atoms with van der Waals surface area (Å²) in [5, 5.41) is 0. The number of hydrogen-bond donors (Lipinski definition) is 0. The third-order valence-corrected chi connectivity index (χ3v) is 3.41. The van der Waals surface area contributed by atoms with Crippen LogP contribution in [0.5, 0.6) is 0 Å². The highest BCUT2D eigenvalue weighted by Crippen LogP contribution is 2.12. The van der Waals surface area contributed by atoms with E-state index in [1.165, 1.54) is 0 Å². The van der Waals surface area contributed by atoms with Crippen LogP contribution in [0.3, 0.4) is 0 Å². The van der Waals surface area contributed by atoms with Gasteiger partial charge in [-0.05, 0) is 18.7 Å². The van der Waals surface area contributed by atoms with Crippen LogP contribution in [-0.2, 0) is 4.74 Å². The highest BCUT2D eigenvalue weighted by molar-refractivity contribution is 9.10. The zero-order chi connectivity index (χ0) is 13.4. The quantitative estimate of drug-likeness (QED) is 0.691. The second kappa shape index (κ2) is 8.40. The number of rotatable bonds is 8. The molecule has 0 aliphatic carbocycles. The number of likely N-dealkylation sites (N-methyl/N-ethyl adjacent to an activating group) is 1. The molecule has 0 fully saturated rings. The molecule has 1 rings (SSSR count). The van der Waals surface area contributed by atoms with Gasteiger partial charge in [-0.15, -0.1) is 0 Å². The van der Waals surface area contributed by atoms with Crippen LogP contribution in [-0.4, -0.2) is 44.0 Å². The maximum Gasteiger partial charge on any atom is 0.164 e. The van der Waals surface area contributed by atoms with Crippen molar-refractivity contribution in [2.75, 3.05) is 33.4 Å². The molecule has 0 spiro atoms. The van der Waals surface area contributed by atoms with Gasteiger partial charge in [0, 0.05) is 36.7 Å². The van der Waals surface area contributed by atoms with Crippen molar-refractivity contribution >= 4 is 21.7 Å². The fourth-order valence-electron chi connectivity index (χ4n) is 1.69. The monoisotopic (exact) mass is 313 g/mol. The lowest BCUT2D eigenvalue weighted by Crippen LogP contribution is -2.29.